The van der Waals surface area contributed by atoms with E-state index in [0.717, 1.165) is 6.42 Å². The Morgan fingerprint density at radius 3 is 2.37 bits per heavy atom. The molecule has 1 aromatic carbocycles. The van der Waals surface area contributed by atoms with Crippen LogP contribution >= 0.6 is 11.6 Å². The predicted molar refractivity (Wildman–Crippen MR) is 106 cm³/mol. The number of ether oxygens (including phenoxy) is 3. The maximum atomic E-state index is 12.9. The van der Waals surface area contributed by atoms with Crippen molar-refractivity contribution in [2.45, 2.75) is 34.1 Å². The Morgan fingerprint density at radius 1 is 1.19 bits per heavy atom. The third-order valence-corrected chi connectivity index (χ3v) is 4.47. The van der Waals surface area contributed by atoms with Crippen LogP contribution in [0.3, 0.4) is 0 Å². The van der Waals surface area contributed by atoms with Gasteiger partial charge in [0.1, 0.15) is 0 Å². The number of halogens is 1. The maximum absolute atomic E-state index is 12.9. The molecule has 1 atom stereocenters. The highest BCUT2D eigenvalue weighted by Crippen LogP contribution is 2.37. The monoisotopic (exact) mass is 399 g/mol. The summed E-state index contributed by atoms with van der Waals surface area (Å²) in [6.07, 6.45) is 0.884. The van der Waals surface area contributed by atoms with E-state index in [4.69, 9.17) is 25.8 Å². The molecule has 0 fully saturated rings. The average Bonchev–Trinajstić information content (AvgIpc) is 2.65. The molecule has 0 heterocycles. The van der Waals surface area contributed by atoms with Crippen LogP contribution in [0.2, 0.25) is 5.02 Å². The van der Waals surface area contributed by atoms with Gasteiger partial charge in [-0.1, -0.05) is 32.4 Å². The zero-order valence-electron chi connectivity index (χ0n) is 17.0. The first kappa shape index (κ1) is 23.1. The second kappa shape index (κ2) is 11.0. The molecular weight excluding hydrogens is 370 g/mol. The van der Waals surface area contributed by atoms with Crippen molar-refractivity contribution in [1.29, 1.82) is 0 Å². The van der Waals surface area contributed by atoms with Crippen LogP contribution in [0.1, 0.15) is 44.5 Å². The predicted octanol–water partition coefficient (Wildman–Crippen LogP) is 4.04. The topological polar surface area (TPSA) is 65.1 Å². The van der Waals surface area contributed by atoms with Gasteiger partial charge < -0.3 is 19.1 Å². The summed E-state index contributed by atoms with van der Waals surface area (Å²) >= 11 is 6.35. The number of benzene rings is 1. The minimum atomic E-state index is -0.421. The largest absolute Gasteiger partial charge is 0.493 e. The number of methoxy groups -OCH3 is 2. The Morgan fingerprint density at radius 2 is 1.85 bits per heavy atom. The van der Waals surface area contributed by atoms with Crippen molar-refractivity contribution in [3.05, 3.63) is 22.7 Å². The van der Waals surface area contributed by atoms with E-state index in [9.17, 15) is 9.59 Å². The van der Waals surface area contributed by atoms with Crippen molar-refractivity contribution in [2.75, 3.05) is 33.9 Å². The van der Waals surface area contributed by atoms with Crippen LogP contribution in [0.4, 0.5) is 0 Å². The van der Waals surface area contributed by atoms with Crippen molar-refractivity contribution in [1.82, 2.24) is 4.90 Å². The summed E-state index contributed by atoms with van der Waals surface area (Å²) in [5, 5.41) is 0.318. The summed E-state index contributed by atoms with van der Waals surface area (Å²) < 4.78 is 15.9. The summed E-state index contributed by atoms with van der Waals surface area (Å²) in [5.74, 6) is 0.336. The highest BCUT2D eigenvalue weighted by Gasteiger charge is 2.23. The molecule has 0 aromatic heterocycles. The van der Waals surface area contributed by atoms with Crippen molar-refractivity contribution in [3.63, 3.8) is 0 Å². The number of carbonyl (C=O) groups is 2. The van der Waals surface area contributed by atoms with E-state index in [-0.39, 0.29) is 18.4 Å². The lowest BCUT2D eigenvalue weighted by Crippen LogP contribution is -2.37. The molecule has 0 aliphatic carbocycles. The summed E-state index contributed by atoms with van der Waals surface area (Å²) in [6.45, 7) is 9.02. The Bertz CT molecular complexity index is 648. The van der Waals surface area contributed by atoms with Gasteiger partial charge in [0.15, 0.2) is 11.5 Å². The summed E-state index contributed by atoms with van der Waals surface area (Å²) in [4.78, 5) is 26.1. The minimum absolute atomic E-state index is 0.234. The molecular formula is C20H30ClNO5. The first-order valence-electron chi connectivity index (χ1n) is 9.12. The van der Waals surface area contributed by atoms with E-state index in [1.807, 2.05) is 6.92 Å². The number of carbonyl (C=O) groups excluding carboxylic acids is 2. The van der Waals surface area contributed by atoms with Gasteiger partial charge in [0.25, 0.3) is 5.91 Å². The first-order chi connectivity index (χ1) is 12.7. The van der Waals surface area contributed by atoms with E-state index in [1.54, 1.807) is 24.0 Å². The highest BCUT2D eigenvalue weighted by molar-refractivity contribution is 6.32. The van der Waals surface area contributed by atoms with Crippen LogP contribution in [0.25, 0.3) is 0 Å². The first-order valence-corrected chi connectivity index (χ1v) is 9.50. The van der Waals surface area contributed by atoms with Crippen LogP contribution in [0.5, 0.6) is 11.5 Å². The molecule has 152 valence electrons. The molecule has 1 aromatic rings. The maximum Gasteiger partial charge on any atom is 0.310 e. The fourth-order valence-electron chi connectivity index (χ4n) is 2.52. The highest BCUT2D eigenvalue weighted by atomic mass is 35.5. The second-order valence-corrected chi connectivity index (χ2v) is 7.20. The molecule has 1 amide bonds. The van der Waals surface area contributed by atoms with Crippen LogP contribution in [-0.2, 0) is 9.53 Å². The second-order valence-electron chi connectivity index (χ2n) is 6.79. The number of amides is 1. The molecule has 0 aliphatic rings. The molecule has 0 N–H and O–H groups in total. The number of esters is 1. The summed E-state index contributed by atoms with van der Waals surface area (Å²) in [6, 6.07) is 3.19. The quantitative estimate of drug-likeness (QED) is 0.555. The molecule has 0 radical (unpaired) electrons. The molecule has 0 bridgehead atoms. The lowest BCUT2D eigenvalue weighted by molar-refractivity contribution is -0.145. The average molecular weight is 400 g/mol. The summed E-state index contributed by atoms with van der Waals surface area (Å²) in [7, 11) is 2.84. The number of hydrogen-bond acceptors (Lipinski definition) is 5. The molecule has 0 spiro atoms. The van der Waals surface area contributed by atoms with Crippen molar-refractivity contribution >= 4 is 23.5 Å². The fourth-order valence-corrected chi connectivity index (χ4v) is 2.79. The molecule has 7 heteroatoms. The van der Waals surface area contributed by atoms with Gasteiger partial charge in [-0.15, -0.1) is 0 Å². The number of hydrogen-bond donors (Lipinski definition) is 0. The van der Waals surface area contributed by atoms with Gasteiger partial charge in [-0.05, 0) is 31.4 Å². The Hall–Kier alpha value is -1.95. The lowest BCUT2D eigenvalue weighted by Gasteiger charge is -2.24. The number of rotatable bonds is 10. The molecule has 1 unspecified atom stereocenters. The Balaban J connectivity index is 3.02. The Labute approximate surface area is 166 Å². The van der Waals surface area contributed by atoms with Gasteiger partial charge in [0.05, 0.1) is 31.8 Å². The van der Waals surface area contributed by atoms with Crippen molar-refractivity contribution in [2.24, 2.45) is 11.8 Å². The van der Waals surface area contributed by atoms with E-state index in [2.05, 4.69) is 13.8 Å². The molecule has 6 nitrogen and oxygen atoms in total. The van der Waals surface area contributed by atoms with Gasteiger partial charge in [-0.25, -0.2) is 0 Å². The number of nitrogens with zero attached hydrogens (tertiary/aromatic N) is 1. The SMILES string of the molecule is CCN(CC(C)C(=O)OC)C(=O)c1cc(Cl)c(OCCC(C)C)c(OC)c1. The van der Waals surface area contributed by atoms with Gasteiger partial charge >= 0.3 is 5.97 Å². The van der Waals surface area contributed by atoms with E-state index in [1.165, 1.54) is 14.2 Å². The third kappa shape index (κ3) is 6.61. The zero-order valence-corrected chi connectivity index (χ0v) is 17.8. The van der Waals surface area contributed by atoms with Gasteiger partial charge in [0, 0.05) is 18.7 Å². The Kier molecular flexibility index (Phi) is 9.43. The third-order valence-electron chi connectivity index (χ3n) is 4.18. The van der Waals surface area contributed by atoms with Crippen molar-refractivity contribution in [3.8, 4) is 11.5 Å². The van der Waals surface area contributed by atoms with E-state index >= 15 is 0 Å². The minimum Gasteiger partial charge on any atom is -0.493 e. The van der Waals surface area contributed by atoms with Crippen LogP contribution < -0.4 is 9.47 Å². The standard InChI is InChI=1S/C20H30ClNO5/c1-7-22(12-14(4)20(24)26-6)19(23)15-10-16(21)18(17(11-15)25-5)27-9-8-13(2)3/h10-11,13-14H,7-9,12H2,1-6H3. The van der Waals surface area contributed by atoms with Gasteiger partial charge in [-0.2, -0.15) is 0 Å². The molecule has 1 rings (SSSR count). The van der Waals surface area contributed by atoms with E-state index in [0.29, 0.717) is 41.2 Å². The van der Waals surface area contributed by atoms with E-state index < -0.39 is 5.92 Å². The normalized spacial score (nSPS) is 11.9. The van der Waals surface area contributed by atoms with Crippen LogP contribution in [0, 0.1) is 11.8 Å². The molecule has 27 heavy (non-hydrogen) atoms. The van der Waals surface area contributed by atoms with Crippen LogP contribution in [-0.4, -0.2) is 50.7 Å². The molecule has 0 saturated carbocycles. The van der Waals surface area contributed by atoms with Crippen LogP contribution in [0.15, 0.2) is 12.1 Å². The smallest absolute Gasteiger partial charge is 0.310 e. The van der Waals surface area contributed by atoms with Gasteiger partial charge in [0.2, 0.25) is 0 Å². The molecule has 0 aliphatic heterocycles. The lowest BCUT2D eigenvalue weighted by atomic mass is 10.1. The fraction of sp³-hybridized carbons (Fsp3) is 0.600. The molecule has 0 saturated heterocycles. The van der Waals surface area contributed by atoms with Gasteiger partial charge in [-0.3, -0.25) is 9.59 Å². The summed E-state index contributed by atoms with van der Waals surface area (Å²) in [5.41, 5.74) is 0.381. The zero-order chi connectivity index (χ0) is 20.6. The van der Waals surface area contributed by atoms with Crippen molar-refractivity contribution < 1.29 is 23.8 Å².